The van der Waals surface area contributed by atoms with Crippen LogP contribution in [0, 0.1) is 0 Å². The van der Waals surface area contributed by atoms with Gasteiger partial charge in [-0.05, 0) is 30.7 Å². The number of hydrogen-bond acceptors (Lipinski definition) is 2. The molecule has 3 rings (SSSR count). The maximum atomic E-state index is 12.9. The topological polar surface area (TPSA) is 21.1 Å². The molecule has 0 radical (unpaired) electrons. The second kappa shape index (κ2) is 5.61. The van der Waals surface area contributed by atoms with Crippen LogP contribution in [0.25, 0.3) is 5.57 Å². The van der Waals surface area contributed by atoms with Gasteiger partial charge in [0.05, 0.1) is 11.8 Å². The maximum Gasteiger partial charge on any atom is 0.416 e. The van der Waals surface area contributed by atoms with Crippen molar-refractivity contribution in [2.75, 3.05) is 11.4 Å². The summed E-state index contributed by atoms with van der Waals surface area (Å²) in [5.41, 5.74) is 2.86. The fraction of sp³-hybridized carbons (Fsp3) is 0.235. The summed E-state index contributed by atoms with van der Waals surface area (Å²) in [5.74, 6) is 0. The number of benzene rings is 1. The monoisotopic (exact) mass is 319 g/mol. The Labute approximate surface area is 132 Å². The van der Waals surface area contributed by atoms with E-state index in [2.05, 4.69) is 5.10 Å². The number of anilines is 1. The fourth-order valence-corrected chi connectivity index (χ4v) is 2.56. The standard InChI is InChI=1S/C17H16F3N3/c1-12-6-7-23(11-16(12)13-9-21-22(2)10-13)15-5-3-4-14(8-15)17(18,19)20/h3-6,8-11H,7H2,1-2H3. The zero-order chi connectivity index (χ0) is 16.6. The molecule has 2 heterocycles. The van der Waals surface area contributed by atoms with Crippen LogP contribution in [-0.2, 0) is 13.2 Å². The van der Waals surface area contributed by atoms with Crippen LogP contribution in [0.15, 0.2) is 54.5 Å². The van der Waals surface area contributed by atoms with Crippen molar-refractivity contribution in [3.63, 3.8) is 0 Å². The molecular weight excluding hydrogens is 303 g/mol. The highest BCUT2D eigenvalue weighted by atomic mass is 19.4. The van der Waals surface area contributed by atoms with Crippen molar-refractivity contribution in [1.29, 1.82) is 0 Å². The van der Waals surface area contributed by atoms with E-state index in [9.17, 15) is 13.2 Å². The van der Waals surface area contributed by atoms with Gasteiger partial charge in [0, 0.05) is 42.8 Å². The van der Waals surface area contributed by atoms with E-state index in [1.807, 2.05) is 37.3 Å². The van der Waals surface area contributed by atoms with E-state index in [0.29, 0.717) is 12.2 Å². The first kappa shape index (κ1) is 15.4. The summed E-state index contributed by atoms with van der Waals surface area (Å²) in [6.45, 7) is 2.53. The molecule has 0 saturated heterocycles. The van der Waals surface area contributed by atoms with Crippen LogP contribution in [-0.4, -0.2) is 16.3 Å². The zero-order valence-corrected chi connectivity index (χ0v) is 12.8. The highest BCUT2D eigenvalue weighted by Crippen LogP contribution is 2.33. The fourth-order valence-electron chi connectivity index (χ4n) is 2.56. The third-order valence-corrected chi connectivity index (χ3v) is 3.82. The Morgan fingerprint density at radius 1 is 1.22 bits per heavy atom. The molecule has 6 heteroatoms. The van der Waals surface area contributed by atoms with Gasteiger partial charge in [0.1, 0.15) is 0 Å². The molecule has 0 fully saturated rings. The Bertz CT molecular complexity index is 784. The largest absolute Gasteiger partial charge is 0.416 e. The first-order valence-corrected chi connectivity index (χ1v) is 7.16. The van der Waals surface area contributed by atoms with Gasteiger partial charge >= 0.3 is 6.18 Å². The lowest BCUT2D eigenvalue weighted by molar-refractivity contribution is -0.137. The number of alkyl halides is 3. The molecule has 0 atom stereocenters. The molecule has 3 nitrogen and oxygen atoms in total. The number of aromatic nitrogens is 2. The summed E-state index contributed by atoms with van der Waals surface area (Å²) in [6, 6.07) is 5.37. The van der Waals surface area contributed by atoms with Gasteiger partial charge < -0.3 is 4.90 Å². The Hall–Kier alpha value is -2.50. The van der Waals surface area contributed by atoms with Crippen molar-refractivity contribution < 1.29 is 13.2 Å². The van der Waals surface area contributed by atoms with Crippen molar-refractivity contribution >= 4 is 11.3 Å². The van der Waals surface area contributed by atoms with Gasteiger partial charge in [-0.3, -0.25) is 4.68 Å². The van der Waals surface area contributed by atoms with Crippen molar-refractivity contribution in [2.24, 2.45) is 7.05 Å². The normalized spacial score (nSPS) is 15.4. The van der Waals surface area contributed by atoms with Gasteiger partial charge in [-0.2, -0.15) is 18.3 Å². The minimum Gasteiger partial charge on any atom is -0.343 e. The highest BCUT2D eigenvalue weighted by molar-refractivity contribution is 5.81. The number of hydrogen-bond donors (Lipinski definition) is 0. The average molecular weight is 319 g/mol. The molecule has 0 spiro atoms. The minimum atomic E-state index is -4.34. The molecule has 0 amide bonds. The number of allylic oxidation sites excluding steroid dienone is 2. The lowest BCUT2D eigenvalue weighted by atomic mass is 10.00. The molecule has 0 unspecified atom stereocenters. The summed E-state index contributed by atoms with van der Waals surface area (Å²) in [6.07, 6.45) is 3.18. The van der Waals surface area contributed by atoms with E-state index in [-0.39, 0.29) is 0 Å². The summed E-state index contributed by atoms with van der Waals surface area (Å²) in [4.78, 5) is 1.81. The molecule has 0 aliphatic carbocycles. The van der Waals surface area contributed by atoms with Gasteiger partial charge in [-0.25, -0.2) is 0 Å². The maximum absolute atomic E-state index is 12.9. The second-order valence-electron chi connectivity index (χ2n) is 5.53. The quantitative estimate of drug-likeness (QED) is 0.825. The van der Waals surface area contributed by atoms with E-state index < -0.39 is 11.7 Å². The smallest absolute Gasteiger partial charge is 0.343 e. The molecule has 1 aliphatic heterocycles. The van der Waals surface area contributed by atoms with Crippen LogP contribution >= 0.6 is 0 Å². The molecule has 0 saturated carbocycles. The number of halogens is 3. The zero-order valence-electron chi connectivity index (χ0n) is 12.8. The predicted molar refractivity (Wildman–Crippen MR) is 83.7 cm³/mol. The van der Waals surface area contributed by atoms with Crippen molar-refractivity contribution in [3.8, 4) is 0 Å². The Morgan fingerprint density at radius 3 is 2.65 bits per heavy atom. The van der Waals surface area contributed by atoms with Crippen LogP contribution in [0.3, 0.4) is 0 Å². The van der Waals surface area contributed by atoms with E-state index in [4.69, 9.17) is 0 Å². The molecule has 120 valence electrons. The SMILES string of the molecule is CC1=CCN(c2cccc(C(F)(F)F)c2)C=C1c1cnn(C)c1. The minimum absolute atomic E-state index is 0.518. The van der Waals surface area contributed by atoms with Gasteiger partial charge in [0.25, 0.3) is 0 Å². The van der Waals surface area contributed by atoms with Gasteiger partial charge in [0.15, 0.2) is 0 Å². The predicted octanol–water partition coefficient (Wildman–Crippen LogP) is 4.25. The van der Waals surface area contributed by atoms with Crippen LogP contribution in [0.1, 0.15) is 18.1 Å². The van der Waals surface area contributed by atoms with Gasteiger partial charge in [-0.15, -0.1) is 0 Å². The summed E-state index contributed by atoms with van der Waals surface area (Å²) in [5, 5.41) is 4.15. The van der Waals surface area contributed by atoms with Crippen LogP contribution in [0.4, 0.5) is 18.9 Å². The number of aryl methyl sites for hydroxylation is 1. The van der Waals surface area contributed by atoms with E-state index in [0.717, 1.165) is 22.8 Å². The Morgan fingerprint density at radius 2 is 2.00 bits per heavy atom. The molecule has 1 aromatic heterocycles. The van der Waals surface area contributed by atoms with Crippen LogP contribution in [0.2, 0.25) is 0 Å². The average Bonchev–Trinajstić information content (AvgIpc) is 2.93. The highest BCUT2D eigenvalue weighted by Gasteiger charge is 2.30. The Kier molecular flexibility index (Phi) is 3.75. The van der Waals surface area contributed by atoms with E-state index in [1.54, 1.807) is 16.9 Å². The third kappa shape index (κ3) is 3.16. The summed E-state index contributed by atoms with van der Waals surface area (Å²) in [7, 11) is 1.83. The first-order chi connectivity index (χ1) is 10.8. The summed E-state index contributed by atoms with van der Waals surface area (Å²) < 4.78 is 40.4. The molecule has 2 aromatic rings. The number of rotatable bonds is 2. The molecule has 0 N–H and O–H groups in total. The molecule has 23 heavy (non-hydrogen) atoms. The second-order valence-corrected chi connectivity index (χ2v) is 5.53. The lowest BCUT2D eigenvalue weighted by Crippen LogP contribution is -2.21. The number of nitrogens with zero attached hydrogens (tertiary/aromatic N) is 3. The van der Waals surface area contributed by atoms with Crippen molar-refractivity contribution in [1.82, 2.24) is 9.78 Å². The lowest BCUT2D eigenvalue weighted by Gasteiger charge is -2.26. The molecule has 0 bridgehead atoms. The van der Waals surface area contributed by atoms with Crippen LogP contribution in [0.5, 0.6) is 0 Å². The molecule has 1 aliphatic rings. The first-order valence-electron chi connectivity index (χ1n) is 7.16. The molecule has 1 aromatic carbocycles. The van der Waals surface area contributed by atoms with E-state index >= 15 is 0 Å². The summed E-state index contributed by atoms with van der Waals surface area (Å²) >= 11 is 0. The third-order valence-electron chi connectivity index (χ3n) is 3.82. The van der Waals surface area contributed by atoms with Gasteiger partial charge in [0.2, 0.25) is 0 Å². The Balaban J connectivity index is 1.97. The van der Waals surface area contributed by atoms with E-state index in [1.165, 1.54) is 12.1 Å². The van der Waals surface area contributed by atoms with Crippen LogP contribution < -0.4 is 4.90 Å². The van der Waals surface area contributed by atoms with Crippen molar-refractivity contribution in [2.45, 2.75) is 13.1 Å². The van der Waals surface area contributed by atoms with Crippen molar-refractivity contribution in [3.05, 3.63) is 65.6 Å². The van der Waals surface area contributed by atoms with Gasteiger partial charge in [-0.1, -0.05) is 12.1 Å². The molecular formula is C17H16F3N3.